The van der Waals surface area contributed by atoms with E-state index in [0.717, 1.165) is 30.0 Å². The molecule has 4 nitrogen and oxygen atoms in total. The van der Waals surface area contributed by atoms with Gasteiger partial charge in [-0.05, 0) is 34.1 Å². The van der Waals surface area contributed by atoms with E-state index in [4.69, 9.17) is 4.74 Å². The number of aromatic nitrogens is 2. The fourth-order valence-electron chi connectivity index (χ4n) is 1.63. The van der Waals surface area contributed by atoms with Crippen LogP contribution in [0.2, 0.25) is 0 Å². The molecular formula is C13H25N3O. The van der Waals surface area contributed by atoms with Crippen molar-refractivity contribution in [1.29, 1.82) is 0 Å². The van der Waals surface area contributed by atoms with Gasteiger partial charge in [-0.15, -0.1) is 0 Å². The van der Waals surface area contributed by atoms with Crippen molar-refractivity contribution in [2.24, 2.45) is 7.05 Å². The highest BCUT2D eigenvalue weighted by Crippen LogP contribution is 2.23. The van der Waals surface area contributed by atoms with Crippen LogP contribution in [-0.4, -0.2) is 21.9 Å². The number of hydrogen-bond donors (Lipinski definition) is 1. The molecule has 1 aromatic heterocycles. The lowest BCUT2D eigenvalue weighted by Gasteiger charge is -2.23. The molecule has 0 atom stereocenters. The van der Waals surface area contributed by atoms with E-state index in [-0.39, 0.29) is 5.60 Å². The normalized spacial score (nSPS) is 11.9. The Morgan fingerprint density at radius 1 is 1.35 bits per heavy atom. The second-order valence-electron chi connectivity index (χ2n) is 4.97. The second-order valence-corrected chi connectivity index (χ2v) is 4.97. The molecule has 4 heteroatoms. The number of hydrogen-bond acceptors (Lipinski definition) is 3. The fraction of sp³-hybridized carbons (Fsp3) is 0.769. The van der Waals surface area contributed by atoms with Gasteiger partial charge in [0.1, 0.15) is 5.82 Å². The first kappa shape index (κ1) is 14.0. The summed E-state index contributed by atoms with van der Waals surface area (Å²) >= 11 is 0. The predicted molar refractivity (Wildman–Crippen MR) is 71.3 cm³/mol. The average molecular weight is 239 g/mol. The van der Waals surface area contributed by atoms with Gasteiger partial charge in [-0.25, -0.2) is 0 Å². The van der Waals surface area contributed by atoms with Crippen molar-refractivity contribution >= 4 is 5.82 Å². The van der Waals surface area contributed by atoms with Crippen LogP contribution in [0.3, 0.4) is 0 Å². The molecule has 0 saturated heterocycles. The van der Waals surface area contributed by atoms with E-state index in [1.54, 1.807) is 0 Å². The Hall–Kier alpha value is -1.03. The first-order valence-corrected chi connectivity index (χ1v) is 6.31. The third-order valence-electron chi connectivity index (χ3n) is 3.15. The topological polar surface area (TPSA) is 39.1 Å². The van der Waals surface area contributed by atoms with Gasteiger partial charge in [0.15, 0.2) is 0 Å². The quantitative estimate of drug-likeness (QED) is 0.829. The molecule has 0 unspecified atom stereocenters. The molecule has 0 radical (unpaired) electrons. The maximum Gasteiger partial charge on any atom is 0.129 e. The maximum atomic E-state index is 5.95. The molecule has 17 heavy (non-hydrogen) atoms. The lowest BCUT2D eigenvalue weighted by molar-refractivity contribution is -0.0315. The minimum atomic E-state index is -0.0776. The zero-order valence-corrected chi connectivity index (χ0v) is 11.9. The second kappa shape index (κ2) is 5.54. The molecule has 0 spiro atoms. The number of rotatable bonds is 6. The molecular weight excluding hydrogens is 214 g/mol. The number of nitrogens with zero attached hydrogens (tertiary/aromatic N) is 2. The zero-order chi connectivity index (χ0) is 13.1. The molecule has 0 amide bonds. The van der Waals surface area contributed by atoms with Crippen molar-refractivity contribution in [3.05, 3.63) is 11.3 Å². The van der Waals surface area contributed by atoms with E-state index < -0.39 is 0 Å². The van der Waals surface area contributed by atoms with Gasteiger partial charge in [-0.1, -0.05) is 6.92 Å². The summed E-state index contributed by atoms with van der Waals surface area (Å²) in [6.45, 7) is 12.0. The van der Waals surface area contributed by atoms with Crippen LogP contribution >= 0.6 is 0 Å². The molecule has 1 heterocycles. The molecule has 1 aromatic rings. The minimum Gasteiger partial charge on any atom is -0.371 e. The van der Waals surface area contributed by atoms with Crippen molar-refractivity contribution in [3.8, 4) is 0 Å². The molecule has 0 aliphatic heterocycles. The van der Waals surface area contributed by atoms with E-state index in [9.17, 15) is 0 Å². The Kier molecular flexibility index (Phi) is 4.57. The van der Waals surface area contributed by atoms with Crippen LogP contribution in [0, 0.1) is 6.92 Å². The summed E-state index contributed by atoms with van der Waals surface area (Å²) in [6.07, 6.45) is 1.00. The summed E-state index contributed by atoms with van der Waals surface area (Å²) in [6, 6.07) is 0. The van der Waals surface area contributed by atoms with E-state index >= 15 is 0 Å². The molecule has 0 bridgehead atoms. The average Bonchev–Trinajstić information content (AvgIpc) is 2.52. The molecule has 0 aliphatic carbocycles. The minimum absolute atomic E-state index is 0.0776. The van der Waals surface area contributed by atoms with E-state index in [0.29, 0.717) is 6.61 Å². The highest BCUT2D eigenvalue weighted by atomic mass is 16.5. The molecule has 98 valence electrons. The lowest BCUT2D eigenvalue weighted by Crippen LogP contribution is -2.23. The van der Waals surface area contributed by atoms with Gasteiger partial charge >= 0.3 is 0 Å². The molecule has 1 rings (SSSR count). The Morgan fingerprint density at radius 2 is 2.00 bits per heavy atom. The van der Waals surface area contributed by atoms with Crippen LogP contribution in [0.15, 0.2) is 0 Å². The van der Waals surface area contributed by atoms with Gasteiger partial charge in [0.05, 0.1) is 17.9 Å². The Labute approximate surface area is 104 Å². The smallest absolute Gasteiger partial charge is 0.129 e. The molecule has 1 N–H and O–H groups in total. The monoisotopic (exact) mass is 239 g/mol. The summed E-state index contributed by atoms with van der Waals surface area (Å²) in [5.41, 5.74) is 2.12. The molecule has 0 aromatic carbocycles. The summed E-state index contributed by atoms with van der Waals surface area (Å²) in [5, 5.41) is 7.77. The van der Waals surface area contributed by atoms with Gasteiger partial charge in [-0.2, -0.15) is 5.10 Å². The molecule has 0 aliphatic rings. The first-order chi connectivity index (χ1) is 7.91. The van der Waals surface area contributed by atoms with Crippen molar-refractivity contribution in [2.45, 2.75) is 53.2 Å². The van der Waals surface area contributed by atoms with E-state index in [1.165, 1.54) is 0 Å². The lowest BCUT2D eigenvalue weighted by atomic mass is 10.1. The van der Waals surface area contributed by atoms with Crippen LogP contribution in [0.5, 0.6) is 0 Å². The highest BCUT2D eigenvalue weighted by molar-refractivity contribution is 5.47. The summed E-state index contributed by atoms with van der Waals surface area (Å²) < 4.78 is 7.84. The summed E-state index contributed by atoms with van der Waals surface area (Å²) in [7, 11) is 1.96. The SMILES string of the molecule is CCNc1c(COC(C)(C)CC)c(C)nn1C. The summed E-state index contributed by atoms with van der Waals surface area (Å²) in [5.74, 6) is 1.07. The van der Waals surface area contributed by atoms with Crippen LogP contribution in [-0.2, 0) is 18.4 Å². The Morgan fingerprint density at radius 3 is 2.53 bits per heavy atom. The van der Waals surface area contributed by atoms with Crippen LogP contribution in [0.25, 0.3) is 0 Å². The highest BCUT2D eigenvalue weighted by Gasteiger charge is 2.19. The van der Waals surface area contributed by atoms with Crippen LogP contribution < -0.4 is 5.32 Å². The predicted octanol–water partition coefficient (Wildman–Crippen LogP) is 2.87. The standard InChI is InChI=1S/C13H25N3O/c1-7-13(4,5)17-9-11-10(3)15-16(6)12(11)14-8-2/h14H,7-9H2,1-6H3. The van der Waals surface area contributed by atoms with Gasteiger partial charge in [0.2, 0.25) is 0 Å². The summed E-state index contributed by atoms with van der Waals surface area (Å²) in [4.78, 5) is 0. The Bertz CT molecular complexity index is 369. The van der Waals surface area contributed by atoms with Gasteiger partial charge in [-0.3, -0.25) is 4.68 Å². The Balaban J connectivity index is 2.83. The van der Waals surface area contributed by atoms with Gasteiger partial charge in [0.25, 0.3) is 0 Å². The molecule has 0 saturated carbocycles. The van der Waals surface area contributed by atoms with Crippen LogP contribution in [0.4, 0.5) is 5.82 Å². The third kappa shape index (κ3) is 3.46. The van der Waals surface area contributed by atoms with Crippen molar-refractivity contribution in [2.75, 3.05) is 11.9 Å². The number of aryl methyl sites for hydroxylation is 2. The van der Waals surface area contributed by atoms with Gasteiger partial charge < -0.3 is 10.1 Å². The third-order valence-corrected chi connectivity index (χ3v) is 3.15. The maximum absolute atomic E-state index is 5.95. The van der Waals surface area contributed by atoms with E-state index in [1.807, 2.05) is 18.7 Å². The number of ether oxygens (including phenoxy) is 1. The zero-order valence-electron chi connectivity index (χ0n) is 11.9. The first-order valence-electron chi connectivity index (χ1n) is 6.31. The van der Waals surface area contributed by atoms with Crippen molar-refractivity contribution < 1.29 is 4.74 Å². The fourth-order valence-corrected chi connectivity index (χ4v) is 1.63. The van der Waals surface area contributed by atoms with Crippen molar-refractivity contribution in [3.63, 3.8) is 0 Å². The van der Waals surface area contributed by atoms with E-state index in [2.05, 4.69) is 38.1 Å². The van der Waals surface area contributed by atoms with Gasteiger partial charge in [0, 0.05) is 19.2 Å². The number of anilines is 1. The largest absolute Gasteiger partial charge is 0.371 e. The number of nitrogens with one attached hydrogen (secondary N) is 1. The van der Waals surface area contributed by atoms with Crippen molar-refractivity contribution in [1.82, 2.24) is 9.78 Å². The molecule has 0 fully saturated rings. The van der Waals surface area contributed by atoms with Crippen LogP contribution in [0.1, 0.15) is 45.4 Å².